The Morgan fingerprint density at radius 1 is 1.31 bits per heavy atom. The Morgan fingerprint density at radius 2 is 2.15 bits per heavy atom. The van der Waals surface area contributed by atoms with Crippen molar-refractivity contribution in [1.29, 1.82) is 0 Å². The van der Waals surface area contributed by atoms with Crippen molar-refractivity contribution in [3.63, 3.8) is 0 Å². The van der Waals surface area contributed by atoms with E-state index in [4.69, 9.17) is 16.3 Å². The van der Waals surface area contributed by atoms with E-state index in [0.29, 0.717) is 36.8 Å². The summed E-state index contributed by atoms with van der Waals surface area (Å²) >= 11 is 5.98. The summed E-state index contributed by atoms with van der Waals surface area (Å²) in [6.07, 6.45) is 1.94. The monoisotopic (exact) mass is 374 g/mol. The molecule has 1 aromatic heterocycles. The molecule has 0 aliphatic carbocycles. The van der Waals surface area contributed by atoms with Gasteiger partial charge in [0, 0.05) is 44.6 Å². The van der Waals surface area contributed by atoms with Crippen LogP contribution in [0.3, 0.4) is 0 Å². The molecule has 1 aliphatic heterocycles. The average Bonchev–Trinajstić information content (AvgIpc) is 3.09. The van der Waals surface area contributed by atoms with Crippen LogP contribution in [0.1, 0.15) is 18.4 Å². The van der Waals surface area contributed by atoms with Gasteiger partial charge < -0.3 is 14.5 Å². The number of hydrogen-bond acceptors (Lipinski definition) is 5. The van der Waals surface area contributed by atoms with Gasteiger partial charge in [-0.3, -0.25) is 4.79 Å². The third-order valence-corrected chi connectivity index (χ3v) is 4.62. The molecule has 2 aromatic rings. The van der Waals surface area contributed by atoms with Gasteiger partial charge in [-0.15, -0.1) is 10.2 Å². The van der Waals surface area contributed by atoms with Gasteiger partial charge in [-0.25, -0.2) is 0 Å². The second kappa shape index (κ2) is 8.36. The normalized spacial score (nSPS) is 16.6. The minimum absolute atomic E-state index is 0.0374. The number of aryl methyl sites for hydroxylation is 1. The molecule has 1 saturated heterocycles. The molecule has 1 aliphatic rings. The molecule has 0 spiro atoms. The van der Waals surface area contributed by atoms with Crippen LogP contribution in [0.5, 0.6) is 5.88 Å². The van der Waals surface area contributed by atoms with Crippen LogP contribution in [-0.4, -0.2) is 54.3 Å². The van der Waals surface area contributed by atoms with Crippen LogP contribution in [0.15, 0.2) is 36.4 Å². The highest BCUT2D eigenvalue weighted by Gasteiger charge is 2.27. The number of ether oxygens (including phenoxy) is 1. The molecule has 1 unspecified atom stereocenters. The second-order valence-electron chi connectivity index (χ2n) is 6.62. The Balaban J connectivity index is 1.47. The molecule has 0 saturated carbocycles. The van der Waals surface area contributed by atoms with Crippen LogP contribution in [0, 0.1) is 0 Å². The van der Waals surface area contributed by atoms with Crippen molar-refractivity contribution in [1.82, 2.24) is 15.1 Å². The van der Waals surface area contributed by atoms with E-state index >= 15 is 0 Å². The van der Waals surface area contributed by atoms with Crippen LogP contribution < -0.4 is 9.64 Å². The SMILES string of the molecule is CN(C)c1ccc(OC2CCN(C(=O)CCc3cccc(Cl)c3)C2)nn1. The van der Waals surface area contributed by atoms with E-state index in [9.17, 15) is 4.79 Å². The van der Waals surface area contributed by atoms with Crippen LogP contribution >= 0.6 is 11.6 Å². The summed E-state index contributed by atoms with van der Waals surface area (Å²) in [4.78, 5) is 16.2. The lowest BCUT2D eigenvalue weighted by Gasteiger charge is -2.17. The number of nitrogens with zero attached hydrogens (tertiary/aromatic N) is 4. The van der Waals surface area contributed by atoms with E-state index < -0.39 is 0 Å². The quantitative estimate of drug-likeness (QED) is 0.778. The number of carbonyl (C=O) groups is 1. The molecule has 26 heavy (non-hydrogen) atoms. The summed E-state index contributed by atoms with van der Waals surface area (Å²) in [5.41, 5.74) is 1.08. The summed E-state index contributed by atoms with van der Waals surface area (Å²) < 4.78 is 5.87. The molecule has 6 nitrogen and oxygen atoms in total. The molecule has 1 amide bonds. The molecule has 0 N–H and O–H groups in total. The third-order valence-electron chi connectivity index (χ3n) is 4.39. The lowest BCUT2D eigenvalue weighted by Crippen LogP contribution is -2.31. The first-order valence-electron chi connectivity index (χ1n) is 8.71. The van der Waals surface area contributed by atoms with E-state index in [1.54, 1.807) is 0 Å². The number of likely N-dealkylation sites (tertiary alicyclic amines) is 1. The molecule has 1 aromatic carbocycles. The highest BCUT2D eigenvalue weighted by atomic mass is 35.5. The molecule has 3 rings (SSSR count). The Morgan fingerprint density at radius 3 is 2.85 bits per heavy atom. The summed E-state index contributed by atoms with van der Waals surface area (Å²) in [6, 6.07) is 11.3. The second-order valence-corrected chi connectivity index (χ2v) is 7.06. The summed E-state index contributed by atoms with van der Waals surface area (Å²) in [5, 5.41) is 8.89. The fourth-order valence-electron chi connectivity index (χ4n) is 2.94. The predicted octanol–water partition coefficient (Wildman–Crippen LogP) is 2.81. The molecular formula is C19H23ClN4O2. The summed E-state index contributed by atoms with van der Waals surface area (Å²) in [6.45, 7) is 1.30. The number of anilines is 1. The lowest BCUT2D eigenvalue weighted by atomic mass is 10.1. The van der Waals surface area contributed by atoms with Gasteiger partial charge in [0.2, 0.25) is 11.8 Å². The maximum absolute atomic E-state index is 12.4. The van der Waals surface area contributed by atoms with Crippen molar-refractivity contribution in [2.24, 2.45) is 0 Å². The van der Waals surface area contributed by atoms with Gasteiger partial charge in [0.05, 0.1) is 6.54 Å². The van der Waals surface area contributed by atoms with Gasteiger partial charge in [0.25, 0.3) is 0 Å². The maximum atomic E-state index is 12.4. The number of hydrogen-bond donors (Lipinski definition) is 0. The smallest absolute Gasteiger partial charge is 0.233 e. The van der Waals surface area contributed by atoms with Crippen LogP contribution in [0.25, 0.3) is 0 Å². The molecule has 0 radical (unpaired) electrons. The Labute approximate surface area is 158 Å². The van der Waals surface area contributed by atoms with Gasteiger partial charge in [-0.05, 0) is 30.2 Å². The fourth-order valence-corrected chi connectivity index (χ4v) is 3.15. The minimum Gasteiger partial charge on any atom is -0.471 e. The van der Waals surface area contributed by atoms with E-state index in [2.05, 4.69) is 10.2 Å². The number of halogens is 1. The van der Waals surface area contributed by atoms with Crippen molar-refractivity contribution in [2.75, 3.05) is 32.1 Å². The van der Waals surface area contributed by atoms with Gasteiger partial charge in [-0.2, -0.15) is 0 Å². The van der Waals surface area contributed by atoms with E-state index in [1.165, 1.54) is 0 Å². The molecule has 1 fully saturated rings. The number of rotatable bonds is 6. The average molecular weight is 375 g/mol. The van der Waals surface area contributed by atoms with Crippen molar-refractivity contribution in [2.45, 2.75) is 25.4 Å². The first-order chi connectivity index (χ1) is 12.5. The number of benzene rings is 1. The predicted molar refractivity (Wildman–Crippen MR) is 102 cm³/mol. The standard InChI is InChI=1S/C19H23ClN4O2/c1-23(2)17-7-8-18(22-21-17)26-16-10-11-24(13-16)19(25)9-6-14-4-3-5-15(20)12-14/h3-5,7-8,12,16H,6,9-11,13H2,1-2H3. The summed E-state index contributed by atoms with van der Waals surface area (Å²) in [7, 11) is 3.82. The maximum Gasteiger partial charge on any atom is 0.233 e. The highest BCUT2D eigenvalue weighted by Crippen LogP contribution is 2.19. The third kappa shape index (κ3) is 4.85. The molecule has 7 heteroatoms. The zero-order valence-corrected chi connectivity index (χ0v) is 15.8. The molecule has 1 atom stereocenters. The largest absolute Gasteiger partial charge is 0.471 e. The van der Waals surface area contributed by atoms with Crippen LogP contribution in [0.2, 0.25) is 5.02 Å². The molecule has 2 heterocycles. The molecular weight excluding hydrogens is 352 g/mol. The van der Waals surface area contributed by atoms with Crippen LogP contribution in [0.4, 0.5) is 5.82 Å². The van der Waals surface area contributed by atoms with Crippen molar-refractivity contribution in [3.8, 4) is 5.88 Å². The molecule has 138 valence electrons. The van der Waals surface area contributed by atoms with Crippen molar-refractivity contribution >= 4 is 23.3 Å². The number of carbonyl (C=O) groups excluding carboxylic acids is 1. The van der Waals surface area contributed by atoms with Gasteiger partial charge in [0.15, 0.2) is 5.82 Å². The summed E-state index contributed by atoms with van der Waals surface area (Å²) in [5.74, 6) is 1.42. The number of amides is 1. The Hall–Kier alpha value is -2.34. The van der Waals surface area contributed by atoms with E-state index in [1.807, 2.05) is 60.3 Å². The number of aromatic nitrogens is 2. The zero-order valence-electron chi connectivity index (χ0n) is 15.1. The van der Waals surface area contributed by atoms with Gasteiger partial charge in [0.1, 0.15) is 6.10 Å². The van der Waals surface area contributed by atoms with Crippen LogP contribution in [-0.2, 0) is 11.2 Å². The lowest BCUT2D eigenvalue weighted by molar-refractivity contribution is -0.130. The first kappa shape index (κ1) is 18.5. The highest BCUT2D eigenvalue weighted by molar-refractivity contribution is 6.30. The van der Waals surface area contributed by atoms with Crippen molar-refractivity contribution in [3.05, 3.63) is 47.0 Å². The molecule has 0 bridgehead atoms. The van der Waals surface area contributed by atoms with Gasteiger partial charge >= 0.3 is 0 Å². The van der Waals surface area contributed by atoms with Crippen molar-refractivity contribution < 1.29 is 9.53 Å². The first-order valence-corrected chi connectivity index (χ1v) is 9.09. The van der Waals surface area contributed by atoms with Gasteiger partial charge in [-0.1, -0.05) is 23.7 Å². The minimum atomic E-state index is -0.0374. The van der Waals surface area contributed by atoms with E-state index in [0.717, 1.165) is 17.8 Å². The fraction of sp³-hybridized carbons (Fsp3) is 0.421. The topological polar surface area (TPSA) is 58.6 Å². The Kier molecular flexibility index (Phi) is 5.93. The Bertz CT molecular complexity index is 751. The zero-order chi connectivity index (χ0) is 18.5. The van der Waals surface area contributed by atoms with E-state index in [-0.39, 0.29) is 12.0 Å².